The number of anilines is 1. The van der Waals surface area contributed by atoms with Crippen LogP contribution in [0.25, 0.3) is 0 Å². The molecule has 2 rings (SSSR count). The van der Waals surface area contributed by atoms with Crippen LogP contribution in [0.2, 0.25) is 0 Å². The molecule has 0 saturated heterocycles. The first-order chi connectivity index (χ1) is 11.2. The summed E-state index contributed by atoms with van der Waals surface area (Å²) in [6.45, 7) is 5.73. The normalized spacial score (nSPS) is 10.5. The van der Waals surface area contributed by atoms with Crippen LogP contribution in [0.1, 0.15) is 25.0 Å². The van der Waals surface area contributed by atoms with Crippen molar-refractivity contribution in [3.05, 3.63) is 53.9 Å². The van der Waals surface area contributed by atoms with Crippen molar-refractivity contribution < 1.29 is 42.2 Å². The van der Waals surface area contributed by atoms with Gasteiger partial charge in [-0.15, -0.1) is 0 Å². The minimum Gasteiger partial charge on any atom is -2.00 e. The quantitative estimate of drug-likeness (QED) is 0.286. The third kappa shape index (κ3) is 6.91. The van der Waals surface area contributed by atoms with Gasteiger partial charge < -0.3 is 26.1 Å². The smallest absolute Gasteiger partial charge is 0.0561 e. The van der Waals surface area contributed by atoms with Crippen LogP contribution in [-0.2, 0) is 32.0 Å². The van der Waals surface area contributed by atoms with Crippen molar-refractivity contribution in [1.82, 2.24) is 4.98 Å². The summed E-state index contributed by atoms with van der Waals surface area (Å²) >= 11 is 0. The summed E-state index contributed by atoms with van der Waals surface area (Å²) in [7, 11) is 0. The van der Waals surface area contributed by atoms with Crippen molar-refractivity contribution in [3.8, 4) is 5.75 Å². The molecule has 0 spiro atoms. The first-order valence-electron chi connectivity index (χ1n) is 7.40. The van der Waals surface area contributed by atoms with Crippen LogP contribution in [0.3, 0.4) is 0 Å². The van der Waals surface area contributed by atoms with Gasteiger partial charge in [0.05, 0.1) is 6.21 Å². The van der Waals surface area contributed by atoms with Crippen molar-refractivity contribution in [2.45, 2.75) is 13.8 Å². The fraction of sp³-hybridized carbons (Fsp3) is 0.235. The van der Waals surface area contributed by atoms with Gasteiger partial charge >= 0.3 is 0 Å². The van der Waals surface area contributed by atoms with Crippen molar-refractivity contribution >= 4 is 17.8 Å². The second-order valence-corrected chi connectivity index (χ2v) is 4.78. The molecule has 0 atom stereocenters. The molecule has 0 saturated carbocycles. The molecule has 1 aromatic heterocycles. The van der Waals surface area contributed by atoms with Gasteiger partial charge in [0.2, 0.25) is 0 Å². The number of hydrogen-bond acceptors (Lipinski definition) is 6. The Morgan fingerprint density at radius 3 is 2.27 bits per heavy atom. The SMILES string of the molecule is CCN(CC)c1ccc(/C=N/N=C(\[O-])c2ccncc2)c([O-])c1.[Mo].[O-2].[O-2]. The van der Waals surface area contributed by atoms with E-state index in [0.29, 0.717) is 11.1 Å². The maximum atomic E-state index is 12.1. The Labute approximate surface area is 166 Å². The first kappa shape index (κ1) is 26.0. The second kappa shape index (κ2) is 13.0. The van der Waals surface area contributed by atoms with Crippen molar-refractivity contribution in [2.75, 3.05) is 18.0 Å². The van der Waals surface area contributed by atoms with Gasteiger partial charge in [-0.2, -0.15) is 10.2 Å². The second-order valence-electron chi connectivity index (χ2n) is 4.78. The molecular weight excluding hydrogens is 420 g/mol. The molecule has 1 heterocycles. The van der Waals surface area contributed by atoms with Gasteiger partial charge in [-0.3, -0.25) is 4.98 Å². The third-order valence-electron chi connectivity index (χ3n) is 3.40. The van der Waals surface area contributed by atoms with Crippen molar-refractivity contribution in [3.63, 3.8) is 0 Å². The van der Waals surface area contributed by atoms with E-state index in [-0.39, 0.29) is 37.8 Å². The van der Waals surface area contributed by atoms with E-state index in [1.165, 1.54) is 18.6 Å². The Morgan fingerprint density at radius 2 is 1.73 bits per heavy atom. The standard InChI is InChI=1S/C17H20N4O2.Mo.2O/c1-3-21(4-2)15-6-5-14(16(22)11-15)12-19-20-17(23)13-7-9-18-10-8-13;;;/h5-12,22H,3-4H2,1-2H3,(H,20,23);;;/q;;2*-2/p-2/b19-12+;;;. The van der Waals surface area contributed by atoms with E-state index < -0.39 is 5.90 Å². The Kier molecular flexibility index (Phi) is 13.0. The summed E-state index contributed by atoms with van der Waals surface area (Å²) in [6, 6.07) is 8.23. The summed E-state index contributed by atoms with van der Waals surface area (Å²) in [4.78, 5) is 5.91. The van der Waals surface area contributed by atoms with Gasteiger partial charge in [0, 0.05) is 58.1 Å². The zero-order chi connectivity index (χ0) is 16.7. The summed E-state index contributed by atoms with van der Waals surface area (Å²) < 4.78 is 0. The Morgan fingerprint density at radius 1 is 1.12 bits per heavy atom. The van der Waals surface area contributed by atoms with E-state index in [0.717, 1.165) is 18.8 Å². The van der Waals surface area contributed by atoms with Crippen molar-refractivity contribution in [2.24, 2.45) is 10.2 Å². The van der Waals surface area contributed by atoms with Gasteiger partial charge in [0.25, 0.3) is 0 Å². The van der Waals surface area contributed by atoms with Crippen LogP contribution < -0.4 is 15.1 Å². The molecule has 0 amide bonds. The number of nitrogens with zero attached hydrogens (tertiary/aromatic N) is 4. The third-order valence-corrected chi connectivity index (χ3v) is 3.40. The summed E-state index contributed by atoms with van der Waals surface area (Å²) in [6.07, 6.45) is 4.32. The summed E-state index contributed by atoms with van der Waals surface area (Å²) in [5.74, 6) is -0.624. The first-order valence-corrected chi connectivity index (χ1v) is 7.40. The van der Waals surface area contributed by atoms with Crippen molar-refractivity contribution in [1.29, 1.82) is 0 Å². The minimum atomic E-state index is -0.476. The number of benzene rings is 1. The zero-order valence-electron chi connectivity index (χ0n) is 14.4. The topological polar surface area (TPSA) is 144 Å². The van der Waals surface area contributed by atoms with E-state index in [2.05, 4.69) is 20.1 Å². The van der Waals surface area contributed by atoms with Crippen LogP contribution in [0.5, 0.6) is 5.75 Å². The molecule has 9 heteroatoms. The molecule has 1 aromatic carbocycles. The van der Waals surface area contributed by atoms with E-state index in [1.807, 2.05) is 19.9 Å². The average molecular weight is 438 g/mol. The van der Waals surface area contributed by atoms with E-state index in [1.54, 1.807) is 24.3 Å². The van der Waals surface area contributed by atoms with Gasteiger partial charge in [-0.05, 0) is 49.2 Å². The molecule has 0 bridgehead atoms. The molecule has 2 aromatic rings. The van der Waals surface area contributed by atoms with E-state index in [9.17, 15) is 10.2 Å². The molecule has 0 aliphatic rings. The summed E-state index contributed by atoms with van der Waals surface area (Å²) in [5, 5.41) is 31.1. The molecule has 0 aliphatic carbocycles. The average Bonchev–Trinajstić information content (AvgIpc) is 2.58. The Bertz CT molecular complexity index is 707. The number of aromatic nitrogens is 1. The molecule has 0 radical (unpaired) electrons. The molecule has 142 valence electrons. The Balaban J connectivity index is 0. The van der Waals surface area contributed by atoms with Gasteiger partial charge in [0.1, 0.15) is 0 Å². The fourth-order valence-electron chi connectivity index (χ4n) is 2.11. The summed E-state index contributed by atoms with van der Waals surface area (Å²) in [5.41, 5.74) is 1.67. The number of rotatable bonds is 6. The molecule has 0 unspecified atom stereocenters. The molecule has 0 aliphatic heterocycles. The maximum Gasteiger partial charge on any atom is 0.0561 e. The monoisotopic (exact) mass is 440 g/mol. The predicted octanol–water partition coefficient (Wildman–Crippen LogP) is 0.902. The maximum absolute atomic E-state index is 12.1. The molecule has 0 fully saturated rings. The van der Waals surface area contributed by atoms with Crippen LogP contribution in [0, 0.1) is 0 Å². The fourth-order valence-corrected chi connectivity index (χ4v) is 2.11. The molecule has 8 nitrogen and oxygen atoms in total. The number of hydrogen-bond donors (Lipinski definition) is 0. The Hall–Kier alpha value is -2.28. The minimum absolute atomic E-state index is 0. The molecular formula is C17H18MoN4O4-6. The van der Waals surface area contributed by atoms with Crippen LogP contribution in [0.15, 0.2) is 52.9 Å². The van der Waals surface area contributed by atoms with Gasteiger partial charge in [-0.1, -0.05) is 11.8 Å². The van der Waals surface area contributed by atoms with Gasteiger partial charge in [-0.25, -0.2) is 0 Å². The van der Waals surface area contributed by atoms with Crippen LogP contribution in [-0.4, -0.2) is 30.2 Å². The van der Waals surface area contributed by atoms with Gasteiger partial charge in [0.15, 0.2) is 0 Å². The zero-order valence-corrected chi connectivity index (χ0v) is 16.4. The molecule has 26 heavy (non-hydrogen) atoms. The van der Waals surface area contributed by atoms with E-state index in [4.69, 9.17) is 0 Å². The predicted molar refractivity (Wildman–Crippen MR) is 89.2 cm³/mol. The largest absolute Gasteiger partial charge is 2.00 e. The van der Waals surface area contributed by atoms with Crippen LogP contribution >= 0.6 is 0 Å². The number of pyridine rings is 1. The molecule has 0 N–H and O–H groups in total. The van der Waals surface area contributed by atoms with Crippen LogP contribution in [0.4, 0.5) is 5.69 Å². The van der Waals surface area contributed by atoms with E-state index >= 15 is 0 Å².